The molecule has 5 nitrogen and oxygen atoms in total. The van der Waals surface area contributed by atoms with E-state index in [0.717, 1.165) is 38.3 Å². The highest BCUT2D eigenvalue weighted by atomic mass is 16.2. The molecule has 2 amide bonds. The predicted octanol–water partition coefficient (Wildman–Crippen LogP) is 1.44. The van der Waals surface area contributed by atoms with E-state index in [-0.39, 0.29) is 11.8 Å². The molecule has 1 saturated heterocycles. The Morgan fingerprint density at radius 1 is 1.03 bits per heavy atom. The summed E-state index contributed by atoms with van der Waals surface area (Å²) < 4.78 is 0. The van der Waals surface area contributed by atoms with Gasteiger partial charge in [0.25, 0.3) is 0 Å². The van der Waals surface area contributed by atoms with Crippen molar-refractivity contribution in [1.82, 2.24) is 10.2 Å². The van der Waals surface area contributed by atoms with Crippen LogP contribution in [0.1, 0.15) is 23.1 Å². The minimum atomic E-state index is -0.172. The molecule has 1 aliphatic rings. The molecule has 0 spiro atoms. The molecule has 0 bridgehead atoms. The van der Waals surface area contributed by atoms with Crippen LogP contribution in [0, 0.1) is 6.92 Å². The van der Waals surface area contributed by atoms with Gasteiger partial charge >= 0.3 is 0 Å². The van der Waals surface area contributed by atoms with E-state index in [2.05, 4.69) is 36.5 Å². The Morgan fingerprint density at radius 3 is 2.45 bits per heavy atom. The number of nitrogens with one attached hydrogen (secondary N) is 2. The van der Waals surface area contributed by atoms with Crippen LogP contribution in [-0.2, 0) is 16.1 Å². The van der Waals surface area contributed by atoms with E-state index < -0.39 is 0 Å². The van der Waals surface area contributed by atoms with Crippen molar-refractivity contribution in [3.63, 3.8) is 0 Å². The summed E-state index contributed by atoms with van der Waals surface area (Å²) in [7, 11) is 0. The van der Waals surface area contributed by atoms with E-state index in [9.17, 15) is 9.59 Å². The van der Waals surface area contributed by atoms with Crippen molar-refractivity contribution in [2.45, 2.75) is 19.9 Å². The number of piperazine rings is 1. The van der Waals surface area contributed by atoms with Gasteiger partial charge in [0.2, 0.25) is 11.8 Å². The number of amides is 2. The van der Waals surface area contributed by atoms with Crippen molar-refractivity contribution >= 4 is 17.9 Å². The molecule has 0 atom stereocenters. The Hall–Kier alpha value is -2.92. The smallest absolute Gasteiger partial charge is 0.244 e. The SMILES string of the molecule is Cc1ccccc1C[NH+]1CCN(C(=O)CCNC(=O)/C=C/c2ccccc2)CC1. The molecule has 3 rings (SSSR count). The predicted molar refractivity (Wildman–Crippen MR) is 115 cm³/mol. The Morgan fingerprint density at radius 2 is 1.72 bits per heavy atom. The van der Waals surface area contributed by atoms with Crippen molar-refractivity contribution in [3.8, 4) is 0 Å². The van der Waals surface area contributed by atoms with Gasteiger partial charge in [-0.25, -0.2) is 0 Å². The van der Waals surface area contributed by atoms with Crippen LogP contribution in [0.4, 0.5) is 0 Å². The summed E-state index contributed by atoms with van der Waals surface area (Å²) in [5.41, 5.74) is 3.69. The number of rotatable bonds is 7. The maximum atomic E-state index is 12.4. The van der Waals surface area contributed by atoms with Gasteiger partial charge in [0, 0.05) is 24.6 Å². The summed E-state index contributed by atoms with van der Waals surface area (Å²) in [5, 5.41) is 2.79. The summed E-state index contributed by atoms with van der Waals surface area (Å²) in [6, 6.07) is 18.2. The molecule has 5 heteroatoms. The fourth-order valence-corrected chi connectivity index (χ4v) is 3.57. The molecule has 0 unspecified atom stereocenters. The minimum Gasteiger partial charge on any atom is -0.352 e. The van der Waals surface area contributed by atoms with Gasteiger partial charge in [-0.15, -0.1) is 0 Å². The molecule has 0 aliphatic carbocycles. The number of aryl methyl sites for hydroxylation is 1. The van der Waals surface area contributed by atoms with E-state index >= 15 is 0 Å². The van der Waals surface area contributed by atoms with Crippen LogP contribution in [0.25, 0.3) is 6.08 Å². The zero-order chi connectivity index (χ0) is 20.5. The summed E-state index contributed by atoms with van der Waals surface area (Å²) in [6.07, 6.45) is 3.62. The van der Waals surface area contributed by atoms with Crippen LogP contribution in [0.2, 0.25) is 0 Å². The Labute approximate surface area is 173 Å². The van der Waals surface area contributed by atoms with Gasteiger partial charge in [0.1, 0.15) is 6.54 Å². The van der Waals surface area contributed by atoms with E-state index in [4.69, 9.17) is 0 Å². The maximum absolute atomic E-state index is 12.4. The van der Waals surface area contributed by atoms with Crippen LogP contribution in [0.3, 0.4) is 0 Å². The van der Waals surface area contributed by atoms with Gasteiger partial charge in [-0.3, -0.25) is 9.59 Å². The van der Waals surface area contributed by atoms with Gasteiger partial charge in [0.05, 0.1) is 26.2 Å². The quantitative estimate of drug-likeness (QED) is 0.701. The summed E-state index contributed by atoms with van der Waals surface area (Å²) in [5.74, 6) is -0.0542. The number of benzene rings is 2. The highest BCUT2D eigenvalue weighted by molar-refractivity contribution is 5.92. The first kappa shape index (κ1) is 20.8. The lowest BCUT2D eigenvalue weighted by Gasteiger charge is -2.32. The number of hydrogen-bond acceptors (Lipinski definition) is 2. The first-order valence-electron chi connectivity index (χ1n) is 10.3. The second-order valence-corrected chi connectivity index (χ2v) is 7.52. The Kier molecular flexibility index (Phi) is 7.59. The van der Waals surface area contributed by atoms with E-state index in [1.807, 2.05) is 35.2 Å². The summed E-state index contributed by atoms with van der Waals surface area (Å²) in [6.45, 7) is 7.02. The standard InChI is InChI=1S/C24H29N3O2/c1-20-7-5-6-10-22(20)19-26-15-17-27(18-16-26)24(29)13-14-25-23(28)12-11-21-8-3-2-4-9-21/h2-12H,13-19H2,1H3,(H,25,28)/p+1/b12-11+. The summed E-state index contributed by atoms with van der Waals surface area (Å²) in [4.78, 5) is 27.8. The van der Waals surface area contributed by atoms with Crippen molar-refractivity contribution < 1.29 is 14.5 Å². The molecule has 2 aromatic rings. The highest BCUT2D eigenvalue weighted by Crippen LogP contribution is 2.05. The molecule has 152 valence electrons. The minimum absolute atomic E-state index is 0.118. The number of carbonyl (C=O) groups is 2. The first-order chi connectivity index (χ1) is 14.1. The number of hydrogen-bond donors (Lipinski definition) is 2. The fourth-order valence-electron chi connectivity index (χ4n) is 3.57. The lowest BCUT2D eigenvalue weighted by molar-refractivity contribution is -0.917. The molecule has 29 heavy (non-hydrogen) atoms. The molecule has 2 N–H and O–H groups in total. The lowest BCUT2D eigenvalue weighted by Crippen LogP contribution is -3.13. The molecule has 2 aromatic carbocycles. The number of carbonyl (C=O) groups excluding carboxylic acids is 2. The van der Waals surface area contributed by atoms with Crippen LogP contribution in [0.15, 0.2) is 60.7 Å². The van der Waals surface area contributed by atoms with Gasteiger partial charge in [0.15, 0.2) is 0 Å². The normalized spacial score (nSPS) is 14.9. The van der Waals surface area contributed by atoms with Gasteiger partial charge in [-0.1, -0.05) is 54.6 Å². The van der Waals surface area contributed by atoms with E-state index in [1.165, 1.54) is 22.1 Å². The van der Waals surface area contributed by atoms with Crippen molar-refractivity contribution in [2.24, 2.45) is 0 Å². The van der Waals surface area contributed by atoms with Gasteiger partial charge in [-0.05, 0) is 24.1 Å². The first-order valence-corrected chi connectivity index (χ1v) is 10.3. The molecule has 1 fully saturated rings. The second-order valence-electron chi connectivity index (χ2n) is 7.52. The van der Waals surface area contributed by atoms with Crippen molar-refractivity contribution in [2.75, 3.05) is 32.7 Å². The monoisotopic (exact) mass is 392 g/mol. The van der Waals surface area contributed by atoms with Crippen LogP contribution in [-0.4, -0.2) is 49.4 Å². The molecule has 1 heterocycles. The molecule has 1 aliphatic heterocycles. The van der Waals surface area contributed by atoms with Gasteiger partial charge < -0.3 is 15.1 Å². The second kappa shape index (κ2) is 10.6. The topological polar surface area (TPSA) is 53.9 Å². The maximum Gasteiger partial charge on any atom is 0.244 e. The van der Waals surface area contributed by atoms with Crippen LogP contribution >= 0.6 is 0 Å². The van der Waals surface area contributed by atoms with Crippen LogP contribution < -0.4 is 10.2 Å². The highest BCUT2D eigenvalue weighted by Gasteiger charge is 2.23. The average Bonchev–Trinajstić information content (AvgIpc) is 2.75. The third-order valence-electron chi connectivity index (χ3n) is 5.39. The average molecular weight is 393 g/mol. The largest absolute Gasteiger partial charge is 0.352 e. The van der Waals surface area contributed by atoms with E-state index in [0.29, 0.717) is 13.0 Å². The number of nitrogens with zero attached hydrogens (tertiary/aromatic N) is 1. The molecule has 0 aromatic heterocycles. The van der Waals surface area contributed by atoms with Crippen LogP contribution in [0.5, 0.6) is 0 Å². The van der Waals surface area contributed by atoms with E-state index in [1.54, 1.807) is 6.08 Å². The molecular formula is C24H30N3O2+. The molecular weight excluding hydrogens is 362 g/mol. The Balaban J connectivity index is 1.35. The zero-order valence-corrected chi connectivity index (χ0v) is 17.1. The van der Waals surface area contributed by atoms with Crippen molar-refractivity contribution in [3.05, 3.63) is 77.4 Å². The zero-order valence-electron chi connectivity index (χ0n) is 17.1. The molecule has 0 saturated carbocycles. The summed E-state index contributed by atoms with van der Waals surface area (Å²) >= 11 is 0. The fraction of sp³-hybridized carbons (Fsp3) is 0.333. The third kappa shape index (κ3) is 6.57. The molecule has 0 radical (unpaired) electrons. The van der Waals surface area contributed by atoms with Crippen molar-refractivity contribution in [1.29, 1.82) is 0 Å². The Bertz CT molecular complexity index is 840. The van der Waals surface area contributed by atoms with Gasteiger partial charge in [-0.2, -0.15) is 0 Å². The lowest BCUT2D eigenvalue weighted by atomic mass is 10.1. The number of quaternary nitrogens is 1. The third-order valence-corrected chi connectivity index (χ3v) is 5.39.